The Morgan fingerprint density at radius 3 is 2.57 bits per heavy atom. The number of thiazole rings is 1. The van der Waals surface area contributed by atoms with Gasteiger partial charge in [0.15, 0.2) is 5.82 Å². The summed E-state index contributed by atoms with van der Waals surface area (Å²) in [6.45, 7) is 15.6. The van der Waals surface area contributed by atoms with Crippen LogP contribution >= 0.6 is 22.9 Å². The molecule has 2 aliphatic heterocycles. The Morgan fingerprint density at radius 1 is 1.11 bits per heavy atom. The third kappa shape index (κ3) is 5.72. The van der Waals surface area contributed by atoms with Gasteiger partial charge in [-0.3, -0.25) is 9.69 Å². The molecule has 1 amide bonds. The quantitative estimate of drug-likeness (QED) is 0.231. The first-order valence-electron chi connectivity index (χ1n) is 15.3. The molecule has 2 aliphatic rings. The predicted octanol–water partition coefficient (Wildman–Crippen LogP) is 6.50. The molecular formula is C34H42ClN7OS. The lowest BCUT2D eigenvalue weighted by Crippen LogP contribution is -2.50. The second kappa shape index (κ2) is 12.0. The zero-order valence-electron chi connectivity index (χ0n) is 26.7. The number of carbonyl (C=O) groups excluding carboxylic acids is 1. The zero-order valence-corrected chi connectivity index (χ0v) is 28.3. The smallest absolute Gasteiger partial charge is 0.291 e. The van der Waals surface area contributed by atoms with E-state index in [-0.39, 0.29) is 11.4 Å². The van der Waals surface area contributed by atoms with Crippen molar-refractivity contribution in [3.8, 4) is 21.7 Å². The summed E-state index contributed by atoms with van der Waals surface area (Å²) in [4.78, 5) is 29.4. The van der Waals surface area contributed by atoms with E-state index >= 15 is 0 Å². The molecule has 0 unspecified atom stereocenters. The summed E-state index contributed by atoms with van der Waals surface area (Å²) in [5.41, 5.74) is 7.97. The van der Waals surface area contributed by atoms with E-state index in [2.05, 4.69) is 85.3 Å². The Labute approximate surface area is 269 Å². The van der Waals surface area contributed by atoms with Gasteiger partial charge in [0.1, 0.15) is 5.01 Å². The number of anilines is 1. The van der Waals surface area contributed by atoms with E-state index < -0.39 is 0 Å². The number of likely N-dealkylation sites (N-methyl/N-ethyl adjacent to an activating group) is 1. The van der Waals surface area contributed by atoms with E-state index in [1.807, 2.05) is 29.8 Å². The lowest BCUT2D eigenvalue weighted by atomic mass is 9.96. The van der Waals surface area contributed by atoms with Gasteiger partial charge in [-0.05, 0) is 58.9 Å². The van der Waals surface area contributed by atoms with Gasteiger partial charge in [-0.2, -0.15) is 0 Å². The Bertz CT molecular complexity index is 1700. The molecular weight excluding hydrogens is 590 g/mol. The van der Waals surface area contributed by atoms with Gasteiger partial charge >= 0.3 is 0 Å². The van der Waals surface area contributed by atoms with Crippen molar-refractivity contribution in [1.29, 1.82) is 0 Å². The zero-order chi connectivity index (χ0) is 31.3. The number of carbonyl (C=O) groups is 1. The third-order valence-corrected chi connectivity index (χ3v) is 10.8. The molecule has 6 rings (SSSR count). The highest BCUT2D eigenvalue weighted by Gasteiger charge is 2.35. The van der Waals surface area contributed by atoms with Crippen LogP contribution in [0.1, 0.15) is 65.8 Å². The van der Waals surface area contributed by atoms with Crippen molar-refractivity contribution in [3.63, 3.8) is 0 Å². The number of halogens is 1. The van der Waals surface area contributed by atoms with Gasteiger partial charge < -0.3 is 20.1 Å². The highest BCUT2D eigenvalue weighted by Crippen LogP contribution is 2.42. The standard InChI is InChI=1S/C34H42ClN7OS/c1-20(2)40(6)19-34(4,5)42-17-27-29(18-42)44-33(39-27)23-11-8-10-22(21(23)3)24-12-9-13-25(30(24)35)38-32(43)31-37-26-16-36-15-14-28(26)41(31)7/h8-13,20,36H,14-19H2,1-7H3,(H,38,43). The molecule has 10 heteroatoms. The second-order valence-electron chi connectivity index (χ2n) is 13.0. The molecule has 4 heterocycles. The maximum absolute atomic E-state index is 13.3. The minimum atomic E-state index is -0.267. The summed E-state index contributed by atoms with van der Waals surface area (Å²) in [6, 6.07) is 12.6. The average molecular weight is 632 g/mol. The first-order chi connectivity index (χ1) is 20.9. The lowest BCUT2D eigenvalue weighted by Gasteiger charge is -2.39. The van der Waals surface area contributed by atoms with E-state index in [0.717, 1.165) is 71.2 Å². The molecule has 0 saturated heterocycles. The first-order valence-corrected chi connectivity index (χ1v) is 16.5. The van der Waals surface area contributed by atoms with Gasteiger partial charge in [-0.15, -0.1) is 11.3 Å². The molecule has 2 N–H and O–H groups in total. The largest absolute Gasteiger partial charge is 0.327 e. The van der Waals surface area contributed by atoms with Crippen LogP contribution in [0.15, 0.2) is 36.4 Å². The fourth-order valence-electron chi connectivity index (χ4n) is 6.31. The van der Waals surface area contributed by atoms with Crippen LogP contribution in [0.4, 0.5) is 5.69 Å². The van der Waals surface area contributed by atoms with Crippen molar-refractivity contribution in [1.82, 2.24) is 29.7 Å². The van der Waals surface area contributed by atoms with Crippen molar-refractivity contribution in [3.05, 3.63) is 74.8 Å². The fraction of sp³-hybridized carbons (Fsp3) is 0.441. The minimum absolute atomic E-state index is 0.0551. The molecule has 2 aromatic carbocycles. The van der Waals surface area contributed by atoms with E-state index in [0.29, 0.717) is 29.1 Å². The summed E-state index contributed by atoms with van der Waals surface area (Å²) in [5, 5.41) is 7.89. The predicted molar refractivity (Wildman–Crippen MR) is 180 cm³/mol. The topological polar surface area (TPSA) is 78.3 Å². The number of nitrogens with zero attached hydrogens (tertiary/aromatic N) is 5. The summed E-state index contributed by atoms with van der Waals surface area (Å²) in [6.07, 6.45) is 0.853. The molecule has 0 aliphatic carbocycles. The van der Waals surface area contributed by atoms with E-state index in [9.17, 15) is 4.79 Å². The van der Waals surface area contributed by atoms with Crippen molar-refractivity contribution in [2.75, 3.05) is 25.5 Å². The molecule has 4 aromatic rings. The van der Waals surface area contributed by atoms with E-state index in [1.165, 1.54) is 10.6 Å². The van der Waals surface area contributed by atoms with E-state index in [4.69, 9.17) is 16.6 Å². The fourth-order valence-corrected chi connectivity index (χ4v) is 7.75. The lowest BCUT2D eigenvalue weighted by molar-refractivity contribution is 0.0704. The van der Waals surface area contributed by atoms with Gasteiger partial charge in [-0.25, -0.2) is 9.97 Å². The normalized spacial score (nSPS) is 15.2. The number of hydrogen-bond donors (Lipinski definition) is 2. The molecule has 0 spiro atoms. The van der Waals surface area contributed by atoms with Crippen LogP contribution < -0.4 is 10.6 Å². The highest BCUT2D eigenvalue weighted by atomic mass is 35.5. The van der Waals surface area contributed by atoms with Crippen molar-refractivity contribution >= 4 is 34.5 Å². The summed E-state index contributed by atoms with van der Waals surface area (Å²) >= 11 is 8.78. The molecule has 44 heavy (non-hydrogen) atoms. The Balaban J connectivity index is 1.23. The van der Waals surface area contributed by atoms with Gasteiger partial charge in [-0.1, -0.05) is 41.9 Å². The van der Waals surface area contributed by atoms with Gasteiger partial charge in [0.25, 0.3) is 5.91 Å². The Morgan fingerprint density at radius 2 is 1.84 bits per heavy atom. The number of benzene rings is 2. The van der Waals surface area contributed by atoms with Crippen molar-refractivity contribution < 1.29 is 4.79 Å². The SMILES string of the molecule is Cc1c(-c2nc3c(s2)CN(C(C)(C)CN(C)C(C)C)C3)cccc1-c1cccc(NC(=O)c2nc3c(n2C)CCNC3)c1Cl. The van der Waals surface area contributed by atoms with Crippen LogP contribution in [0, 0.1) is 6.92 Å². The second-order valence-corrected chi connectivity index (χ2v) is 14.4. The monoisotopic (exact) mass is 631 g/mol. The van der Waals surface area contributed by atoms with Crippen LogP contribution in [0.5, 0.6) is 0 Å². The molecule has 8 nitrogen and oxygen atoms in total. The minimum Gasteiger partial charge on any atom is -0.327 e. The highest BCUT2D eigenvalue weighted by molar-refractivity contribution is 7.15. The number of amides is 1. The van der Waals surface area contributed by atoms with Crippen LogP contribution in [0.25, 0.3) is 21.7 Å². The number of nitrogens with one attached hydrogen (secondary N) is 2. The van der Waals surface area contributed by atoms with Crippen LogP contribution in [0.3, 0.4) is 0 Å². The van der Waals surface area contributed by atoms with Crippen LogP contribution in [-0.4, -0.2) is 62.0 Å². The maximum Gasteiger partial charge on any atom is 0.291 e. The van der Waals surface area contributed by atoms with E-state index in [1.54, 1.807) is 11.3 Å². The molecule has 232 valence electrons. The van der Waals surface area contributed by atoms with Gasteiger partial charge in [0.2, 0.25) is 0 Å². The molecule has 0 atom stereocenters. The first kappa shape index (κ1) is 30.9. The summed E-state index contributed by atoms with van der Waals surface area (Å²) in [7, 11) is 4.10. The Kier molecular flexibility index (Phi) is 8.45. The molecule has 2 aromatic heterocycles. The molecule has 0 saturated carbocycles. The summed E-state index contributed by atoms with van der Waals surface area (Å²) in [5.74, 6) is 0.126. The average Bonchev–Trinajstić information content (AvgIpc) is 3.67. The van der Waals surface area contributed by atoms with Crippen LogP contribution in [-0.2, 0) is 33.1 Å². The van der Waals surface area contributed by atoms with Crippen molar-refractivity contribution in [2.45, 2.75) is 72.3 Å². The van der Waals surface area contributed by atoms with Gasteiger partial charge in [0, 0.05) is 79.5 Å². The Hall–Kier alpha value is -3.08. The van der Waals surface area contributed by atoms with Crippen molar-refractivity contribution in [2.24, 2.45) is 7.05 Å². The molecule has 0 fully saturated rings. The number of hydrogen-bond acceptors (Lipinski definition) is 7. The molecule has 0 radical (unpaired) electrons. The number of rotatable bonds is 8. The van der Waals surface area contributed by atoms with Crippen LogP contribution in [0.2, 0.25) is 5.02 Å². The molecule has 0 bridgehead atoms. The summed E-state index contributed by atoms with van der Waals surface area (Å²) < 4.78 is 1.90. The maximum atomic E-state index is 13.3. The number of fused-ring (bicyclic) bond motifs is 2. The number of aromatic nitrogens is 3. The van der Waals surface area contributed by atoms with Gasteiger partial charge in [0.05, 0.1) is 22.1 Å². The number of imidazole rings is 1. The third-order valence-electron chi connectivity index (χ3n) is 9.26.